The molecule has 0 radical (unpaired) electrons. The molecule has 0 spiro atoms. The fraction of sp³-hybridized carbons (Fsp3) is 0.188. The van der Waals surface area contributed by atoms with Gasteiger partial charge >= 0.3 is 0 Å². The van der Waals surface area contributed by atoms with Crippen molar-refractivity contribution in [1.82, 2.24) is 14.8 Å². The molecule has 9 nitrogen and oxygen atoms in total. The molecule has 140 valence electrons. The molecule has 11 heteroatoms. The molecule has 0 atom stereocenters. The summed E-state index contributed by atoms with van der Waals surface area (Å²) in [4.78, 5) is 22.2. The number of aromatic nitrogens is 3. The lowest BCUT2D eigenvalue weighted by Crippen LogP contribution is -2.15. The minimum atomic E-state index is -0.754. The normalized spacial score (nSPS) is 10.7. The van der Waals surface area contributed by atoms with Crippen LogP contribution in [0.3, 0.4) is 0 Å². The van der Waals surface area contributed by atoms with Crippen molar-refractivity contribution in [1.29, 1.82) is 0 Å². The third-order valence-electron chi connectivity index (χ3n) is 3.54. The second kappa shape index (κ2) is 7.99. The quantitative estimate of drug-likeness (QED) is 0.373. The largest absolute Gasteiger partial charge is 0.461 e. The number of nitrogens with zero attached hydrogens (tertiary/aromatic N) is 4. The smallest absolute Gasteiger partial charge is 0.271 e. The topological polar surface area (TPSA) is 116 Å². The number of carbonyl (C=O) groups is 1. The third-order valence-corrected chi connectivity index (χ3v) is 4.51. The van der Waals surface area contributed by atoms with Gasteiger partial charge in [-0.2, -0.15) is 0 Å². The molecule has 2 aromatic heterocycles. The first kappa shape index (κ1) is 18.6. The molecule has 0 aliphatic rings. The Morgan fingerprint density at radius 1 is 1.41 bits per heavy atom. The van der Waals surface area contributed by atoms with E-state index in [0.717, 1.165) is 30.0 Å². The van der Waals surface area contributed by atoms with Gasteiger partial charge in [-0.1, -0.05) is 11.8 Å². The number of thioether (sulfide) groups is 1. The monoisotopic (exact) mass is 391 g/mol. The molecule has 2 heterocycles. The van der Waals surface area contributed by atoms with Crippen molar-refractivity contribution >= 4 is 29.0 Å². The lowest BCUT2D eigenvalue weighted by molar-refractivity contribution is -0.384. The maximum absolute atomic E-state index is 13.8. The molecule has 0 aliphatic carbocycles. The van der Waals surface area contributed by atoms with E-state index in [0.29, 0.717) is 23.3 Å². The van der Waals surface area contributed by atoms with Crippen molar-refractivity contribution in [2.24, 2.45) is 0 Å². The number of nitrogens with one attached hydrogen (secondary N) is 1. The van der Waals surface area contributed by atoms with Gasteiger partial charge in [0, 0.05) is 18.7 Å². The highest BCUT2D eigenvalue weighted by molar-refractivity contribution is 7.99. The van der Waals surface area contributed by atoms with Crippen LogP contribution < -0.4 is 5.32 Å². The lowest BCUT2D eigenvalue weighted by Gasteiger charge is -2.07. The second-order valence-corrected chi connectivity index (χ2v) is 6.23. The number of benzene rings is 1. The average Bonchev–Trinajstić information content (AvgIpc) is 3.30. The molecule has 1 N–H and O–H groups in total. The number of non-ortho nitro benzene ring substituents is 1. The molecule has 0 saturated heterocycles. The highest BCUT2D eigenvalue weighted by Crippen LogP contribution is 2.25. The number of nitro groups is 1. The molecule has 0 aliphatic heterocycles. The maximum Gasteiger partial charge on any atom is 0.271 e. The first-order valence-corrected chi connectivity index (χ1v) is 8.81. The van der Waals surface area contributed by atoms with E-state index in [-0.39, 0.29) is 17.1 Å². The molecule has 1 amide bonds. The number of halogens is 1. The van der Waals surface area contributed by atoms with Crippen LogP contribution in [0.25, 0.3) is 11.6 Å². The van der Waals surface area contributed by atoms with E-state index >= 15 is 0 Å². The number of carbonyl (C=O) groups excluding carboxylic acids is 1. The Bertz CT molecular complexity index is 973. The van der Waals surface area contributed by atoms with Crippen molar-refractivity contribution in [3.8, 4) is 11.6 Å². The van der Waals surface area contributed by atoms with Crippen LogP contribution in [0.2, 0.25) is 0 Å². The van der Waals surface area contributed by atoms with E-state index in [1.54, 1.807) is 16.7 Å². The predicted molar refractivity (Wildman–Crippen MR) is 95.8 cm³/mol. The average molecular weight is 391 g/mol. The first-order chi connectivity index (χ1) is 13.0. The molecule has 0 saturated carbocycles. The Labute approximate surface area is 156 Å². The van der Waals surface area contributed by atoms with Crippen LogP contribution in [-0.2, 0) is 11.3 Å². The Morgan fingerprint density at radius 2 is 2.22 bits per heavy atom. The van der Waals surface area contributed by atoms with Crippen molar-refractivity contribution in [2.45, 2.75) is 18.6 Å². The summed E-state index contributed by atoms with van der Waals surface area (Å²) in [5.41, 5.74) is -0.559. The van der Waals surface area contributed by atoms with Crippen LogP contribution in [0.5, 0.6) is 0 Å². The van der Waals surface area contributed by atoms with Gasteiger partial charge in [0.05, 0.1) is 22.6 Å². The van der Waals surface area contributed by atoms with Gasteiger partial charge in [-0.15, -0.1) is 10.2 Å². The Morgan fingerprint density at radius 3 is 2.89 bits per heavy atom. The van der Waals surface area contributed by atoms with Crippen molar-refractivity contribution in [3.05, 3.63) is 52.5 Å². The lowest BCUT2D eigenvalue weighted by atomic mass is 10.2. The zero-order chi connectivity index (χ0) is 19.4. The summed E-state index contributed by atoms with van der Waals surface area (Å²) in [7, 11) is 0. The van der Waals surface area contributed by atoms with Gasteiger partial charge in [0.1, 0.15) is 5.82 Å². The standard InChI is InChI=1S/C16H14FN5O4S/c1-2-21-15(13-4-3-7-26-13)19-20-16(21)27-9-14(23)18-12-8-10(22(24)25)5-6-11(12)17/h3-8H,2,9H2,1H3,(H,18,23). The van der Waals surface area contributed by atoms with Crippen LogP contribution in [0, 0.1) is 15.9 Å². The number of nitro benzene ring substituents is 1. The summed E-state index contributed by atoms with van der Waals surface area (Å²) in [6.45, 7) is 2.46. The molecule has 0 unspecified atom stereocenters. The van der Waals surface area contributed by atoms with Crippen molar-refractivity contribution in [3.63, 3.8) is 0 Å². The fourth-order valence-corrected chi connectivity index (χ4v) is 3.11. The Kier molecular flexibility index (Phi) is 5.50. The molecular formula is C16H14FN5O4S. The summed E-state index contributed by atoms with van der Waals surface area (Å²) in [5, 5.41) is 21.7. The van der Waals surface area contributed by atoms with Gasteiger partial charge in [-0.05, 0) is 25.1 Å². The van der Waals surface area contributed by atoms with Gasteiger partial charge in [0.2, 0.25) is 5.91 Å². The predicted octanol–water partition coefficient (Wildman–Crippen LogP) is 3.34. The van der Waals surface area contributed by atoms with E-state index in [9.17, 15) is 19.3 Å². The highest BCUT2D eigenvalue weighted by Gasteiger charge is 2.17. The molecular weight excluding hydrogens is 377 g/mol. The van der Waals surface area contributed by atoms with E-state index in [1.807, 2.05) is 6.92 Å². The van der Waals surface area contributed by atoms with Gasteiger partial charge < -0.3 is 9.73 Å². The van der Waals surface area contributed by atoms with E-state index in [4.69, 9.17) is 4.42 Å². The number of hydrogen-bond donors (Lipinski definition) is 1. The highest BCUT2D eigenvalue weighted by atomic mass is 32.2. The summed E-state index contributed by atoms with van der Waals surface area (Å²) in [6.07, 6.45) is 1.53. The molecule has 3 rings (SSSR count). The van der Waals surface area contributed by atoms with Crippen LogP contribution in [0.4, 0.5) is 15.8 Å². The molecule has 0 bridgehead atoms. The SMILES string of the molecule is CCn1c(SCC(=O)Nc2cc([N+](=O)[O-])ccc2F)nnc1-c1ccco1. The maximum atomic E-state index is 13.8. The van der Waals surface area contributed by atoms with Gasteiger partial charge in [-0.25, -0.2) is 4.39 Å². The summed E-state index contributed by atoms with van der Waals surface area (Å²) in [6, 6.07) is 6.42. The minimum Gasteiger partial charge on any atom is -0.461 e. The van der Waals surface area contributed by atoms with E-state index in [1.165, 1.54) is 6.26 Å². The zero-order valence-corrected chi connectivity index (χ0v) is 14.9. The number of amides is 1. The number of anilines is 1. The zero-order valence-electron chi connectivity index (χ0n) is 14.1. The summed E-state index contributed by atoms with van der Waals surface area (Å²) >= 11 is 1.11. The fourth-order valence-electron chi connectivity index (χ4n) is 2.31. The molecule has 27 heavy (non-hydrogen) atoms. The minimum absolute atomic E-state index is 0.0710. The summed E-state index contributed by atoms with van der Waals surface area (Å²) < 4.78 is 20.9. The number of furan rings is 1. The van der Waals surface area contributed by atoms with Crippen molar-refractivity contribution in [2.75, 3.05) is 11.1 Å². The second-order valence-electron chi connectivity index (χ2n) is 5.29. The van der Waals surface area contributed by atoms with Gasteiger partial charge in [-0.3, -0.25) is 19.5 Å². The summed E-state index contributed by atoms with van der Waals surface area (Å²) in [5.74, 6) is -0.256. The van der Waals surface area contributed by atoms with E-state index < -0.39 is 16.6 Å². The van der Waals surface area contributed by atoms with Crippen LogP contribution in [0.1, 0.15) is 6.92 Å². The Hall–Kier alpha value is -3.21. The van der Waals surface area contributed by atoms with Crippen LogP contribution >= 0.6 is 11.8 Å². The number of rotatable bonds is 7. The molecule has 3 aromatic rings. The van der Waals surface area contributed by atoms with Crippen LogP contribution in [0.15, 0.2) is 46.2 Å². The van der Waals surface area contributed by atoms with Crippen LogP contribution in [-0.4, -0.2) is 31.3 Å². The molecule has 0 fully saturated rings. The Balaban J connectivity index is 1.68. The number of hydrogen-bond acceptors (Lipinski definition) is 7. The third kappa shape index (κ3) is 4.14. The van der Waals surface area contributed by atoms with E-state index in [2.05, 4.69) is 15.5 Å². The first-order valence-electron chi connectivity index (χ1n) is 7.83. The van der Waals surface area contributed by atoms with Gasteiger partial charge in [0.15, 0.2) is 16.7 Å². The van der Waals surface area contributed by atoms with Crippen molar-refractivity contribution < 1.29 is 18.5 Å². The molecule has 1 aromatic carbocycles. The van der Waals surface area contributed by atoms with Gasteiger partial charge in [0.25, 0.3) is 5.69 Å².